The van der Waals surface area contributed by atoms with E-state index in [9.17, 15) is 0 Å². The van der Waals surface area contributed by atoms with Crippen molar-refractivity contribution in [1.82, 2.24) is 10.3 Å². The monoisotopic (exact) mass is 242 g/mol. The topological polar surface area (TPSA) is 24.9 Å². The normalized spacial score (nSPS) is 21.0. The summed E-state index contributed by atoms with van der Waals surface area (Å²) < 4.78 is 0. The first-order valence-corrected chi connectivity index (χ1v) is 7.57. The molecule has 0 aromatic carbocycles. The Hall–Kier alpha value is -0.0600. The average Bonchev–Trinajstić information content (AvgIpc) is 2.88. The molecule has 1 aromatic rings. The van der Waals surface area contributed by atoms with Crippen molar-refractivity contribution in [1.29, 1.82) is 0 Å². The van der Waals surface area contributed by atoms with Crippen LogP contribution < -0.4 is 5.32 Å². The van der Waals surface area contributed by atoms with Crippen LogP contribution in [-0.2, 0) is 13.0 Å². The average molecular weight is 242 g/mol. The van der Waals surface area contributed by atoms with Gasteiger partial charge in [-0.25, -0.2) is 4.98 Å². The van der Waals surface area contributed by atoms with E-state index >= 15 is 0 Å². The number of rotatable bonds is 5. The molecule has 1 atom stereocenters. The van der Waals surface area contributed by atoms with Crippen LogP contribution in [0.2, 0.25) is 0 Å². The number of hydrogen-bond acceptors (Lipinski definition) is 4. The van der Waals surface area contributed by atoms with Gasteiger partial charge < -0.3 is 5.32 Å². The lowest BCUT2D eigenvalue weighted by Gasteiger charge is -2.08. The van der Waals surface area contributed by atoms with E-state index in [4.69, 9.17) is 0 Å². The number of aryl methyl sites for hydroxylation is 1. The van der Waals surface area contributed by atoms with Crippen LogP contribution >= 0.6 is 23.1 Å². The van der Waals surface area contributed by atoms with Crippen molar-refractivity contribution >= 4 is 23.1 Å². The van der Waals surface area contributed by atoms with E-state index in [0.29, 0.717) is 0 Å². The summed E-state index contributed by atoms with van der Waals surface area (Å²) in [7, 11) is 0. The first-order chi connectivity index (χ1) is 7.38. The Bertz CT molecular complexity index is 293. The van der Waals surface area contributed by atoms with Crippen molar-refractivity contribution in [3.63, 3.8) is 0 Å². The summed E-state index contributed by atoms with van der Waals surface area (Å²) in [5.74, 6) is 1.35. The van der Waals surface area contributed by atoms with Crippen LogP contribution in [-0.4, -0.2) is 22.5 Å². The van der Waals surface area contributed by atoms with E-state index < -0.39 is 0 Å². The van der Waals surface area contributed by atoms with Crippen molar-refractivity contribution in [3.8, 4) is 0 Å². The molecule has 0 aliphatic carbocycles. The second kappa shape index (κ2) is 5.87. The van der Waals surface area contributed by atoms with E-state index in [2.05, 4.69) is 34.4 Å². The molecule has 1 saturated heterocycles. The van der Waals surface area contributed by atoms with Gasteiger partial charge in [0, 0.05) is 23.7 Å². The molecule has 2 heterocycles. The third kappa shape index (κ3) is 3.47. The number of hydrogen-bond donors (Lipinski definition) is 1. The molecule has 1 aliphatic rings. The van der Waals surface area contributed by atoms with E-state index in [0.717, 1.165) is 24.8 Å². The lowest BCUT2D eigenvalue weighted by atomic mass is 10.2. The van der Waals surface area contributed by atoms with Crippen LogP contribution in [0, 0.1) is 0 Å². The van der Waals surface area contributed by atoms with Gasteiger partial charge in [0.05, 0.1) is 10.7 Å². The summed E-state index contributed by atoms with van der Waals surface area (Å²) in [4.78, 5) is 4.54. The van der Waals surface area contributed by atoms with Gasteiger partial charge >= 0.3 is 0 Å². The van der Waals surface area contributed by atoms with Gasteiger partial charge in [-0.05, 0) is 25.0 Å². The fraction of sp³-hybridized carbons (Fsp3) is 0.727. The zero-order valence-corrected chi connectivity index (χ0v) is 10.8. The van der Waals surface area contributed by atoms with Crippen LogP contribution in [0.1, 0.15) is 30.5 Å². The number of nitrogens with one attached hydrogen (secondary N) is 1. The standard InChI is InChI=1S/C11H18N2S2/c1-2-11-13-9(8-15-11)6-12-7-10-4-3-5-14-10/h8,10,12H,2-7H2,1H3. The third-order valence-corrected chi connectivity index (χ3v) is 5.04. The van der Waals surface area contributed by atoms with E-state index in [1.807, 2.05) is 0 Å². The Labute approximate surface area is 99.9 Å². The lowest BCUT2D eigenvalue weighted by Crippen LogP contribution is -2.22. The smallest absolute Gasteiger partial charge is 0.0926 e. The van der Waals surface area contributed by atoms with Crippen molar-refractivity contribution in [2.45, 2.75) is 38.0 Å². The zero-order chi connectivity index (χ0) is 10.5. The predicted molar refractivity (Wildman–Crippen MR) is 68.7 cm³/mol. The highest BCUT2D eigenvalue weighted by atomic mass is 32.2. The Morgan fingerprint density at radius 1 is 1.60 bits per heavy atom. The Kier molecular flexibility index (Phi) is 4.47. The fourth-order valence-electron chi connectivity index (χ4n) is 1.76. The summed E-state index contributed by atoms with van der Waals surface area (Å²) >= 11 is 3.88. The second-order valence-corrected chi connectivity index (χ2v) is 6.20. The van der Waals surface area contributed by atoms with Crippen LogP contribution in [0.25, 0.3) is 0 Å². The molecular formula is C11H18N2S2. The van der Waals surface area contributed by atoms with Crippen LogP contribution in [0.4, 0.5) is 0 Å². The van der Waals surface area contributed by atoms with Gasteiger partial charge in [-0.1, -0.05) is 6.92 Å². The van der Waals surface area contributed by atoms with Crippen LogP contribution in [0.15, 0.2) is 5.38 Å². The summed E-state index contributed by atoms with van der Waals surface area (Å²) in [5.41, 5.74) is 1.21. The van der Waals surface area contributed by atoms with E-state index in [-0.39, 0.29) is 0 Å². The molecule has 2 nitrogen and oxygen atoms in total. The maximum absolute atomic E-state index is 4.54. The predicted octanol–water partition coefficient (Wildman–Crippen LogP) is 2.69. The molecule has 1 aromatic heterocycles. The first kappa shape index (κ1) is 11.4. The van der Waals surface area contributed by atoms with Crippen molar-refractivity contribution in [2.24, 2.45) is 0 Å². The molecule has 1 aliphatic heterocycles. The van der Waals surface area contributed by atoms with Gasteiger partial charge in [-0.2, -0.15) is 11.8 Å². The van der Waals surface area contributed by atoms with Crippen molar-refractivity contribution < 1.29 is 0 Å². The number of thioether (sulfide) groups is 1. The van der Waals surface area contributed by atoms with E-state index in [1.54, 1.807) is 11.3 Å². The molecule has 1 fully saturated rings. The molecule has 0 saturated carbocycles. The molecular weight excluding hydrogens is 224 g/mol. The minimum atomic E-state index is 0.842. The largest absolute Gasteiger partial charge is 0.310 e. The summed E-state index contributed by atoms with van der Waals surface area (Å²) in [6, 6.07) is 0. The Morgan fingerprint density at radius 3 is 3.20 bits per heavy atom. The fourth-order valence-corrected chi connectivity index (χ4v) is 3.74. The Balaban J connectivity index is 1.68. The Morgan fingerprint density at radius 2 is 2.53 bits per heavy atom. The van der Waals surface area contributed by atoms with Gasteiger partial charge in [0.2, 0.25) is 0 Å². The molecule has 15 heavy (non-hydrogen) atoms. The lowest BCUT2D eigenvalue weighted by molar-refractivity contribution is 0.639. The zero-order valence-electron chi connectivity index (χ0n) is 9.16. The van der Waals surface area contributed by atoms with Gasteiger partial charge in [0.25, 0.3) is 0 Å². The molecule has 4 heteroatoms. The SMILES string of the molecule is CCc1nc(CNCC2CCCS2)cs1. The highest BCUT2D eigenvalue weighted by Gasteiger charge is 2.14. The number of aromatic nitrogens is 1. The van der Waals surface area contributed by atoms with Crippen molar-refractivity contribution in [3.05, 3.63) is 16.1 Å². The van der Waals surface area contributed by atoms with Crippen molar-refractivity contribution in [2.75, 3.05) is 12.3 Å². The molecule has 2 rings (SSSR count). The van der Waals surface area contributed by atoms with Gasteiger partial charge in [0.1, 0.15) is 0 Å². The molecule has 0 radical (unpaired) electrons. The minimum Gasteiger partial charge on any atom is -0.310 e. The summed E-state index contributed by atoms with van der Waals surface area (Å²) in [5, 5.41) is 7.77. The van der Waals surface area contributed by atoms with Crippen LogP contribution in [0.5, 0.6) is 0 Å². The first-order valence-electron chi connectivity index (χ1n) is 5.64. The van der Waals surface area contributed by atoms with E-state index in [1.165, 1.54) is 29.3 Å². The molecule has 0 amide bonds. The van der Waals surface area contributed by atoms with Gasteiger partial charge in [0.15, 0.2) is 0 Å². The second-order valence-electron chi connectivity index (χ2n) is 3.85. The highest BCUT2D eigenvalue weighted by molar-refractivity contribution is 8.00. The van der Waals surface area contributed by atoms with Gasteiger partial charge in [-0.3, -0.25) is 0 Å². The third-order valence-electron chi connectivity index (χ3n) is 2.60. The number of thiazole rings is 1. The summed E-state index contributed by atoms with van der Waals surface area (Å²) in [6.07, 6.45) is 3.84. The van der Waals surface area contributed by atoms with Crippen LogP contribution in [0.3, 0.4) is 0 Å². The minimum absolute atomic E-state index is 0.842. The molecule has 0 bridgehead atoms. The van der Waals surface area contributed by atoms with Gasteiger partial charge in [-0.15, -0.1) is 11.3 Å². The molecule has 84 valence electrons. The number of nitrogens with zero attached hydrogens (tertiary/aromatic N) is 1. The summed E-state index contributed by atoms with van der Waals surface area (Å²) in [6.45, 7) is 4.24. The quantitative estimate of drug-likeness (QED) is 0.859. The molecule has 1 N–H and O–H groups in total. The maximum atomic E-state index is 4.54. The molecule has 1 unspecified atom stereocenters. The molecule has 0 spiro atoms. The highest BCUT2D eigenvalue weighted by Crippen LogP contribution is 2.25. The maximum Gasteiger partial charge on any atom is 0.0926 e.